The highest BCUT2D eigenvalue weighted by atomic mass is 16.6. The topological polar surface area (TPSA) is 209 Å². The van der Waals surface area contributed by atoms with Crippen molar-refractivity contribution in [3.63, 3.8) is 0 Å². The van der Waals surface area contributed by atoms with Gasteiger partial charge in [0, 0.05) is 84.9 Å². The maximum atomic E-state index is 14.3. The van der Waals surface area contributed by atoms with Gasteiger partial charge in [0.1, 0.15) is 12.3 Å². The maximum Gasteiger partial charge on any atom is 0.415 e. The average molecular weight is 850 g/mol. The predicted molar refractivity (Wildman–Crippen MR) is 236 cm³/mol. The molecule has 2 aromatic heterocycles. The summed E-state index contributed by atoms with van der Waals surface area (Å²) in [7, 11) is 4.38. The van der Waals surface area contributed by atoms with Crippen LogP contribution < -0.4 is 20.7 Å². The Bertz CT molecular complexity index is 2510. The second-order valence-corrected chi connectivity index (χ2v) is 15.9. The summed E-state index contributed by atoms with van der Waals surface area (Å²) >= 11 is 0. The molecular weight excluding hydrogens is 795 g/mol. The molecule has 0 aliphatic carbocycles. The van der Waals surface area contributed by atoms with Gasteiger partial charge in [0.2, 0.25) is 5.91 Å². The number of unbranched alkanes of at least 4 members (excludes halogenated alkanes) is 1. The zero-order valence-corrected chi connectivity index (χ0v) is 36.3. The number of benzene rings is 3. The molecule has 5 N–H and O–H groups in total. The Kier molecular flexibility index (Phi) is 14.0. The minimum absolute atomic E-state index is 0.00170. The van der Waals surface area contributed by atoms with E-state index in [1.807, 2.05) is 13.8 Å². The van der Waals surface area contributed by atoms with Crippen molar-refractivity contribution >= 4 is 68.9 Å². The standard InChI is InChI=1S/C46H55N7O9/c1-8-30-24-53(43(56)35-22-32-21-31(28(4)54)14-17-34(32)50-35)36-23-37(41-40(39(30)36)38(27(3)48-41)44(57)60-7)62-46(59)52(6)20-19-51(5)45(58)61-25-29-12-15-33(16-13-29)49-42(55)26(2)11-9-10-18-47/h12-17,21-23,26,30,48,50H,8-11,18-20,24-25,47H2,1-7H3,(H,49,55)/t26?,30-/m1/s1. The number of rotatable bonds is 16. The number of ketones is 1. The fourth-order valence-corrected chi connectivity index (χ4v) is 7.69. The summed E-state index contributed by atoms with van der Waals surface area (Å²) in [6.45, 7) is 8.21. The number of Topliss-reactive ketones (excluding diaryl/α,β-unsaturated/α-hetero) is 1. The van der Waals surface area contributed by atoms with Crippen LogP contribution in [0, 0.1) is 12.8 Å². The van der Waals surface area contributed by atoms with Crippen LogP contribution in [0.2, 0.25) is 0 Å². The van der Waals surface area contributed by atoms with Crippen LogP contribution >= 0.6 is 0 Å². The highest BCUT2D eigenvalue weighted by molar-refractivity contribution is 6.15. The smallest absolute Gasteiger partial charge is 0.415 e. The predicted octanol–water partition coefficient (Wildman–Crippen LogP) is 7.50. The second kappa shape index (κ2) is 19.4. The lowest BCUT2D eigenvalue weighted by Crippen LogP contribution is -2.38. The van der Waals surface area contributed by atoms with E-state index >= 15 is 0 Å². The molecule has 3 aromatic carbocycles. The van der Waals surface area contributed by atoms with E-state index in [0.29, 0.717) is 69.6 Å². The number of aromatic nitrogens is 2. The number of H-pyrrole nitrogens is 2. The van der Waals surface area contributed by atoms with Crippen molar-refractivity contribution in [3.05, 3.63) is 88.2 Å². The minimum Gasteiger partial charge on any atom is -0.465 e. The number of methoxy groups -OCH3 is 1. The van der Waals surface area contributed by atoms with E-state index in [9.17, 15) is 28.8 Å². The van der Waals surface area contributed by atoms with E-state index in [0.717, 1.165) is 30.4 Å². The van der Waals surface area contributed by atoms with Crippen LogP contribution in [0.5, 0.6) is 5.75 Å². The van der Waals surface area contributed by atoms with Gasteiger partial charge in [0.05, 0.1) is 23.9 Å². The third-order valence-corrected chi connectivity index (χ3v) is 11.4. The molecule has 1 aliphatic heterocycles. The molecule has 3 heterocycles. The van der Waals surface area contributed by atoms with Crippen LogP contribution in [-0.2, 0) is 20.9 Å². The molecule has 62 heavy (non-hydrogen) atoms. The highest BCUT2D eigenvalue weighted by Crippen LogP contribution is 2.48. The van der Waals surface area contributed by atoms with E-state index < -0.39 is 18.2 Å². The van der Waals surface area contributed by atoms with Crippen molar-refractivity contribution in [1.82, 2.24) is 19.8 Å². The number of fused-ring (bicyclic) bond motifs is 4. The molecule has 1 unspecified atom stereocenters. The third kappa shape index (κ3) is 9.60. The number of ether oxygens (including phenoxy) is 3. The van der Waals surface area contributed by atoms with Gasteiger partial charge in [-0.25, -0.2) is 14.4 Å². The molecule has 6 rings (SSSR count). The number of nitrogens with one attached hydrogen (secondary N) is 3. The molecule has 328 valence electrons. The van der Waals surface area contributed by atoms with Crippen LogP contribution in [0.4, 0.5) is 21.0 Å². The summed E-state index contributed by atoms with van der Waals surface area (Å²) in [4.78, 5) is 89.4. The number of likely N-dealkylation sites (N-methyl/N-ethyl adjacent to an activating group) is 2. The molecule has 16 nitrogen and oxygen atoms in total. The number of amides is 4. The Morgan fingerprint density at radius 1 is 0.952 bits per heavy atom. The largest absolute Gasteiger partial charge is 0.465 e. The minimum atomic E-state index is -0.739. The quantitative estimate of drug-likeness (QED) is 0.0436. The summed E-state index contributed by atoms with van der Waals surface area (Å²) in [5.74, 6) is -1.28. The molecule has 5 aromatic rings. The number of aryl methyl sites for hydroxylation is 1. The maximum absolute atomic E-state index is 14.3. The van der Waals surface area contributed by atoms with Crippen LogP contribution in [0.1, 0.15) is 100 Å². The van der Waals surface area contributed by atoms with Gasteiger partial charge in [0.15, 0.2) is 11.5 Å². The van der Waals surface area contributed by atoms with Crippen molar-refractivity contribution in [2.75, 3.05) is 57.6 Å². The molecule has 0 spiro atoms. The van der Waals surface area contributed by atoms with Crippen molar-refractivity contribution in [2.24, 2.45) is 11.7 Å². The number of aromatic amines is 2. The van der Waals surface area contributed by atoms with Gasteiger partial charge < -0.3 is 49.9 Å². The average Bonchev–Trinajstić information content (AvgIpc) is 3.97. The van der Waals surface area contributed by atoms with Gasteiger partial charge in [-0.3, -0.25) is 14.4 Å². The zero-order valence-electron chi connectivity index (χ0n) is 36.3. The monoisotopic (exact) mass is 849 g/mol. The SMILES string of the molecule is CC[C@@H]1CN(C(=O)c2cc3cc(C(C)=O)ccc3[nH]2)c2cc(OC(=O)N(C)CCN(C)C(=O)OCc3ccc(NC(=O)C(C)CCCCN)cc3)c3[nH]c(C)c(C(=O)OC)c3c21. The molecule has 16 heteroatoms. The van der Waals surface area contributed by atoms with E-state index in [1.54, 1.807) is 73.5 Å². The van der Waals surface area contributed by atoms with Gasteiger partial charge in [-0.05, 0) is 87.2 Å². The van der Waals surface area contributed by atoms with Crippen molar-refractivity contribution < 1.29 is 43.0 Å². The molecule has 4 amide bonds. The molecule has 1 aliphatic rings. The normalized spacial score (nSPS) is 13.7. The fraction of sp³-hybridized carbons (Fsp3) is 0.391. The lowest BCUT2D eigenvalue weighted by atomic mass is 9.93. The number of carbonyl (C=O) groups is 6. The number of hydrogen-bond donors (Lipinski definition) is 4. The van der Waals surface area contributed by atoms with Crippen LogP contribution in [-0.4, -0.2) is 103 Å². The van der Waals surface area contributed by atoms with Gasteiger partial charge >= 0.3 is 18.2 Å². The van der Waals surface area contributed by atoms with E-state index in [4.69, 9.17) is 19.9 Å². The van der Waals surface area contributed by atoms with Gasteiger partial charge in [-0.1, -0.05) is 32.4 Å². The molecule has 0 fully saturated rings. The van der Waals surface area contributed by atoms with Crippen molar-refractivity contribution in [3.8, 4) is 5.75 Å². The Morgan fingerprint density at radius 3 is 2.32 bits per heavy atom. The number of esters is 1. The fourth-order valence-electron chi connectivity index (χ4n) is 7.69. The lowest BCUT2D eigenvalue weighted by molar-refractivity contribution is -0.119. The summed E-state index contributed by atoms with van der Waals surface area (Å²) in [5.41, 5.74) is 10.9. The van der Waals surface area contributed by atoms with E-state index in [-0.39, 0.29) is 60.4 Å². The lowest BCUT2D eigenvalue weighted by Gasteiger charge is -2.22. The zero-order chi connectivity index (χ0) is 44.8. The Labute approximate surface area is 360 Å². The van der Waals surface area contributed by atoms with E-state index in [2.05, 4.69) is 15.3 Å². The first-order valence-electron chi connectivity index (χ1n) is 20.8. The number of nitrogens with two attached hydrogens (primary N) is 1. The Morgan fingerprint density at radius 2 is 1.66 bits per heavy atom. The molecule has 0 radical (unpaired) electrons. The molecule has 0 bridgehead atoms. The Hall–Kier alpha value is -6.68. The number of nitrogens with zero attached hydrogens (tertiary/aromatic N) is 3. The molecular formula is C46H55N7O9. The number of anilines is 2. The first-order valence-corrected chi connectivity index (χ1v) is 20.8. The Balaban J connectivity index is 1.14. The third-order valence-electron chi connectivity index (χ3n) is 11.4. The summed E-state index contributed by atoms with van der Waals surface area (Å²) in [5, 5.41) is 4.13. The first kappa shape index (κ1) is 44.9. The van der Waals surface area contributed by atoms with Gasteiger partial charge in [-0.15, -0.1) is 0 Å². The molecule has 0 saturated carbocycles. The van der Waals surface area contributed by atoms with Crippen molar-refractivity contribution in [1.29, 1.82) is 0 Å². The summed E-state index contributed by atoms with van der Waals surface area (Å²) < 4.78 is 16.7. The number of hydrogen-bond acceptors (Lipinski definition) is 10. The van der Waals surface area contributed by atoms with Crippen LogP contribution in [0.15, 0.2) is 54.6 Å². The number of carbonyl (C=O) groups excluding carboxylic acids is 6. The first-order chi connectivity index (χ1) is 29.6. The molecule has 2 atom stereocenters. The van der Waals surface area contributed by atoms with Crippen LogP contribution in [0.25, 0.3) is 21.8 Å². The summed E-state index contributed by atoms with van der Waals surface area (Å²) in [6.07, 6.45) is 1.83. The van der Waals surface area contributed by atoms with Gasteiger partial charge in [-0.2, -0.15) is 0 Å². The highest BCUT2D eigenvalue weighted by Gasteiger charge is 2.38. The van der Waals surface area contributed by atoms with E-state index in [1.165, 1.54) is 30.9 Å². The summed E-state index contributed by atoms with van der Waals surface area (Å²) in [6, 6.07) is 15.6. The van der Waals surface area contributed by atoms with Crippen molar-refractivity contribution in [2.45, 2.75) is 65.9 Å². The second-order valence-electron chi connectivity index (χ2n) is 15.9. The van der Waals surface area contributed by atoms with Crippen LogP contribution in [0.3, 0.4) is 0 Å². The molecule has 0 saturated heterocycles. The van der Waals surface area contributed by atoms with Gasteiger partial charge in [0.25, 0.3) is 5.91 Å².